The second kappa shape index (κ2) is 23.9. The Hall–Kier alpha value is -6.37. The minimum atomic E-state index is -1.43. The Morgan fingerprint density at radius 2 is 0.781 bits per heavy atom. The summed E-state index contributed by atoms with van der Waals surface area (Å²) in [6.07, 6.45) is 0. The summed E-state index contributed by atoms with van der Waals surface area (Å²) in [6, 6.07) is 78.7. The number of aromatic nitrogens is 1. The van der Waals surface area contributed by atoms with Gasteiger partial charge in [-0.2, -0.15) is 11.4 Å². The van der Waals surface area contributed by atoms with Gasteiger partial charge in [-0.3, -0.25) is 0 Å². The fourth-order valence-electron chi connectivity index (χ4n) is 7.35. The van der Waals surface area contributed by atoms with Gasteiger partial charge in [-0.25, -0.2) is 0 Å². The van der Waals surface area contributed by atoms with Crippen molar-refractivity contribution in [3.05, 3.63) is 247 Å². The number of phenolic OH excluding ortho intramolecular Hbond substituents is 1. The van der Waals surface area contributed by atoms with Crippen molar-refractivity contribution in [1.82, 2.24) is 4.98 Å². The monoisotopic (exact) mass is 1030 g/mol. The molecule has 0 amide bonds. The van der Waals surface area contributed by atoms with E-state index in [1.807, 2.05) is 121 Å². The number of aryl methyl sites for hydroxylation is 2. The van der Waals surface area contributed by atoms with Crippen LogP contribution in [-0.2, 0) is 26.9 Å². The molecule has 0 atom stereocenters. The summed E-state index contributed by atoms with van der Waals surface area (Å²) in [6.45, 7) is 10.5. The van der Waals surface area contributed by atoms with Gasteiger partial charge in [0.2, 0.25) is 0 Å². The first-order valence-electron chi connectivity index (χ1n) is 21.5. The summed E-state index contributed by atoms with van der Waals surface area (Å²) < 4.78 is 12.6. The SMILES string of the molecule is CC(C)([CH]=[W]=[O])c1ccccc1.C[PH+](c1ccccc1)c1ccccc1.Cc1ccc(C)[n-]1.Oc1c(-c2ccccc2)c(-c2ccccc2)cc(-c2ccccc2)c1-c1ccccc1. The van der Waals surface area contributed by atoms with Crippen LogP contribution < -0.4 is 15.6 Å². The first-order valence-corrected chi connectivity index (χ1v) is 26.4. The third-order valence-corrected chi connectivity index (χ3v) is 15.6. The van der Waals surface area contributed by atoms with E-state index >= 15 is 0 Å². The van der Waals surface area contributed by atoms with Gasteiger partial charge in [0.25, 0.3) is 0 Å². The summed E-state index contributed by atoms with van der Waals surface area (Å²) in [7, 11) is -0.545. The van der Waals surface area contributed by atoms with E-state index in [0.29, 0.717) is 5.75 Å². The molecule has 3 nitrogen and oxygen atoms in total. The van der Waals surface area contributed by atoms with E-state index in [0.717, 1.165) is 55.9 Å². The maximum Gasteiger partial charge on any atom is 0.132 e. The van der Waals surface area contributed by atoms with Crippen LogP contribution in [0.2, 0.25) is 0 Å². The zero-order valence-corrected chi connectivity index (χ0v) is 41.2. The van der Waals surface area contributed by atoms with Crippen molar-refractivity contribution in [3.8, 4) is 50.3 Å². The van der Waals surface area contributed by atoms with E-state index in [1.165, 1.54) is 16.2 Å². The van der Waals surface area contributed by atoms with Crippen LogP contribution in [0.5, 0.6) is 5.75 Å². The van der Waals surface area contributed by atoms with Crippen LogP contribution in [-0.4, -0.2) is 16.2 Å². The number of benzene rings is 8. The molecule has 0 saturated carbocycles. The molecule has 1 N–H and O–H groups in total. The Morgan fingerprint density at radius 1 is 0.469 bits per heavy atom. The van der Waals surface area contributed by atoms with Gasteiger partial charge in [0.1, 0.15) is 5.75 Å². The van der Waals surface area contributed by atoms with Crippen molar-refractivity contribution < 1.29 is 26.6 Å². The molecule has 0 fully saturated rings. The number of nitrogens with zero attached hydrogens (tertiary/aromatic N) is 1. The molecule has 0 spiro atoms. The molecule has 9 rings (SSSR count). The van der Waals surface area contributed by atoms with Gasteiger partial charge in [-0.05, 0) is 63.7 Å². The molecule has 0 unspecified atom stereocenters. The minimum absolute atomic E-state index is 0.0202. The van der Waals surface area contributed by atoms with Crippen LogP contribution in [0.3, 0.4) is 0 Å². The molecule has 0 aliphatic carbocycles. The summed E-state index contributed by atoms with van der Waals surface area (Å²) >= 11 is -1.43. The van der Waals surface area contributed by atoms with Crippen LogP contribution in [0.4, 0.5) is 0 Å². The molecule has 8 aromatic carbocycles. The third-order valence-electron chi connectivity index (χ3n) is 10.8. The molecule has 0 aliphatic rings. The van der Waals surface area contributed by atoms with Crippen molar-refractivity contribution in [2.75, 3.05) is 6.66 Å². The van der Waals surface area contributed by atoms with E-state index in [4.69, 9.17) is 0 Å². The number of phenols is 1. The zero-order valence-electron chi connectivity index (χ0n) is 37.2. The summed E-state index contributed by atoms with van der Waals surface area (Å²) in [5.74, 6) is 0.303. The van der Waals surface area contributed by atoms with Gasteiger partial charge in [0.15, 0.2) is 0 Å². The van der Waals surface area contributed by atoms with E-state index in [9.17, 15) is 8.50 Å². The molecular weight excluding hydrogens is 969 g/mol. The van der Waals surface area contributed by atoms with Crippen molar-refractivity contribution in [3.63, 3.8) is 0 Å². The van der Waals surface area contributed by atoms with E-state index in [-0.39, 0.29) is 5.41 Å². The normalized spacial score (nSPS) is 10.5. The van der Waals surface area contributed by atoms with Crippen molar-refractivity contribution >= 4 is 22.9 Å². The minimum Gasteiger partial charge on any atom is -0.665 e. The Balaban J connectivity index is 0.000000169. The van der Waals surface area contributed by atoms with Gasteiger partial charge in [-0.1, -0.05) is 184 Å². The Morgan fingerprint density at radius 3 is 1.09 bits per heavy atom. The summed E-state index contributed by atoms with van der Waals surface area (Å²) in [5, 5.41) is 14.7. The molecule has 9 aromatic rings. The molecule has 0 radical (unpaired) electrons. The van der Waals surface area contributed by atoms with E-state index in [2.05, 4.69) is 153 Å². The van der Waals surface area contributed by atoms with Crippen molar-refractivity contribution in [1.29, 1.82) is 0 Å². The maximum absolute atomic E-state index is 11.8. The van der Waals surface area contributed by atoms with Crippen molar-refractivity contribution in [2.45, 2.75) is 33.1 Å². The Bertz CT molecular complexity index is 2650. The molecule has 64 heavy (non-hydrogen) atoms. The second-order valence-corrected chi connectivity index (χ2v) is 19.9. The van der Waals surface area contributed by atoms with Crippen LogP contribution in [0.25, 0.3) is 44.5 Å². The van der Waals surface area contributed by atoms with Gasteiger partial charge in [0.05, 0.1) is 25.2 Å². The summed E-state index contributed by atoms with van der Waals surface area (Å²) in [4.78, 5) is 4.11. The molecule has 320 valence electrons. The molecular formula is C59H56NO2PW. The van der Waals surface area contributed by atoms with E-state index < -0.39 is 26.0 Å². The van der Waals surface area contributed by atoms with Crippen LogP contribution in [0.1, 0.15) is 30.8 Å². The fourth-order valence-corrected chi connectivity index (χ4v) is 10.4. The van der Waals surface area contributed by atoms with Gasteiger partial charge < -0.3 is 10.1 Å². The predicted octanol–water partition coefficient (Wildman–Crippen LogP) is 14.0. The second-order valence-electron chi connectivity index (χ2n) is 15.9. The summed E-state index contributed by atoms with van der Waals surface area (Å²) in [5.41, 5.74) is 11.3. The predicted molar refractivity (Wildman–Crippen MR) is 272 cm³/mol. The molecule has 1 aromatic heterocycles. The number of aromatic hydroxyl groups is 1. The van der Waals surface area contributed by atoms with Gasteiger partial charge in [0, 0.05) is 11.1 Å². The van der Waals surface area contributed by atoms with Gasteiger partial charge in [-0.15, -0.1) is 0 Å². The molecule has 0 bridgehead atoms. The van der Waals surface area contributed by atoms with Crippen LogP contribution >= 0.6 is 7.92 Å². The number of hydrogen-bond acceptors (Lipinski definition) is 2. The average Bonchev–Trinajstić information content (AvgIpc) is 3.75. The van der Waals surface area contributed by atoms with Gasteiger partial charge >= 0.3 is 81.0 Å². The average molecular weight is 1030 g/mol. The molecule has 0 saturated heterocycles. The molecule has 1 heterocycles. The first kappa shape index (κ1) is 47.1. The standard InChI is InChI=1S/C30H22O.C13H13P.C10H12.C6H8N.O.W/c31-30-28(24-17-9-3-10-18-24)26(22-13-5-1-6-14-22)21-27(23-15-7-2-8-16-23)29(30)25-19-11-4-12-20-25;1-14(12-8-4-2-5-9-12)13-10-6-3-7-11-13;1-10(2,3)9-7-5-4-6-8-9;1-5-3-4-6(2)7-5;;/h1-21,31H;2-11H,1H3;1,4-8H,2-3H3;3-4H,1-2H3;;/q;;;-1;;/p+1. The largest absolute Gasteiger partial charge is 0.665 e. The third kappa shape index (κ3) is 13.1. The maximum atomic E-state index is 11.8. The fraction of sp³-hybridized carbons (Fsp3) is 0.102. The topological polar surface area (TPSA) is 51.4 Å². The Kier molecular flexibility index (Phi) is 17.6. The number of hydrogen-bond donors (Lipinski definition) is 1. The van der Waals surface area contributed by atoms with Crippen LogP contribution in [0.15, 0.2) is 231 Å². The Labute approximate surface area is 389 Å². The number of rotatable bonds is 8. The van der Waals surface area contributed by atoms with Crippen molar-refractivity contribution in [2.24, 2.45) is 0 Å². The quantitative estimate of drug-likeness (QED) is 0.154. The zero-order chi connectivity index (χ0) is 45.2. The van der Waals surface area contributed by atoms with Crippen LogP contribution in [0, 0.1) is 13.8 Å². The molecule has 5 heteroatoms. The first-order chi connectivity index (χ1) is 31.2. The molecule has 0 aliphatic heterocycles. The van der Waals surface area contributed by atoms with E-state index in [1.54, 1.807) is 0 Å². The smallest absolute Gasteiger partial charge is 0.132 e.